The zero-order chi connectivity index (χ0) is 16.7. The minimum Gasteiger partial charge on any atom is -0.481 e. The van der Waals surface area contributed by atoms with Gasteiger partial charge in [0.2, 0.25) is 5.91 Å². The van der Waals surface area contributed by atoms with E-state index in [1.54, 1.807) is 6.08 Å². The van der Waals surface area contributed by atoms with Gasteiger partial charge < -0.3 is 15.2 Å². The highest BCUT2D eigenvalue weighted by Crippen LogP contribution is 2.30. The van der Waals surface area contributed by atoms with Gasteiger partial charge in [0.05, 0.1) is 5.41 Å². The van der Waals surface area contributed by atoms with Gasteiger partial charge in [-0.1, -0.05) is 36.4 Å². The van der Waals surface area contributed by atoms with Crippen LogP contribution in [0.1, 0.15) is 30.7 Å². The van der Waals surface area contributed by atoms with Crippen molar-refractivity contribution in [2.45, 2.75) is 25.2 Å². The smallest absolute Gasteiger partial charge is 0.311 e. The number of amides is 1. The first-order valence-corrected chi connectivity index (χ1v) is 7.83. The number of benzene rings is 1. The fourth-order valence-electron chi connectivity index (χ4n) is 2.81. The van der Waals surface area contributed by atoms with Gasteiger partial charge in [-0.3, -0.25) is 9.59 Å². The maximum atomic E-state index is 12.2. The van der Waals surface area contributed by atoms with Crippen molar-refractivity contribution in [2.75, 3.05) is 19.8 Å². The van der Waals surface area contributed by atoms with E-state index < -0.39 is 11.4 Å². The summed E-state index contributed by atoms with van der Waals surface area (Å²) in [4.78, 5) is 23.8. The van der Waals surface area contributed by atoms with Gasteiger partial charge in [0, 0.05) is 32.1 Å². The van der Waals surface area contributed by atoms with Crippen LogP contribution in [0.3, 0.4) is 0 Å². The molecule has 5 nitrogen and oxygen atoms in total. The Labute approximate surface area is 136 Å². The second kappa shape index (κ2) is 7.92. The van der Waals surface area contributed by atoms with E-state index in [-0.39, 0.29) is 24.8 Å². The zero-order valence-electron chi connectivity index (χ0n) is 13.2. The lowest BCUT2D eigenvalue weighted by Gasteiger charge is -2.33. The first-order chi connectivity index (χ1) is 11.1. The Hall–Kier alpha value is -2.14. The van der Waals surface area contributed by atoms with E-state index in [9.17, 15) is 14.7 Å². The summed E-state index contributed by atoms with van der Waals surface area (Å²) >= 11 is 0. The van der Waals surface area contributed by atoms with Gasteiger partial charge >= 0.3 is 5.97 Å². The average Bonchev–Trinajstić information content (AvgIpc) is 2.59. The molecule has 0 spiro atoms. The van der Waals surface area contributed by atoms with Crippen LogP contribution in [0.5, 0.6) is 0 Å². The van der Waals surface area contributed by atoms with E-state index >= 15 is 0 Å². The van der Waals surface area contributed by atoms with E-state index in [1.807, 2.05) is 30.3 Å². The van der Waals surface area contributed by atoms with Crippen molar-refractivity contribution in [3.63, 3.8) is 0 Å². The summed E-state index contributed by atoms with van der Waals surface area (Å²) < 4.78 is 5.23. The molecule has 0 bridgehead atoms. The minimum atomic E-state index is -0.912. The highest BCUT2D eigenvalue weighted by Gasteiger charge is 2.40. The van der Waals surface area contributed by atoms with Gasteiger partial charge in [0.25, 0.3) is 0 Å². The van der Waals surface area contributed by atoms with E-state index in [4.69, 9.17) is 4.74 Å². The molecule has 1 saturated heterocycles. The molecule has 1 aliphatic heterocycles. The average molecular weight is 317 g/mol. The largest absolute Gasteiger partial charge is 0.481 e. The number of carbonyl (C=O) groups excluding carboxylic acids is 1. The second-order valence-electron chi connectivity index (χ2n) is 5.93. The van der Waals surface area contributed by atoms with Gasteiger partial charge in [-0.2, -0.15) is 0 Å². The molecule has 1 atom stereocenters. The number of allylic oxidation sites excluding steroid dienone is 1. The lowest BCUT2D eigenvalue weighted by molar-refractivity contribution is -0.154. The van der Waals surface area contributed by atoms with Crippen molar-refractivity contribution in [3.05, 3.63) is 48.6 Å². The van der Waals surface area contributed by atoms with Gasteiger partial charge in [-0.25, -0.2) is 0 Å². The molecule has 2 N–H and O–H groups in total. The quantitative estimate of drug-likeness (QED) is 0.757. The molecule has 1 unspecified atom stereocenters. The summed E-state index contributed by atoms with van der Waals surface area (Å²) in [5, 5.41) is 12.3. The standard InChI is InChI=1S/C18H23NO4/c1-2-14(15-6-4-3-5-7-15)12-16(20)19-13-18(17(21)22)8-10-23-11-9-18/h2-7,14H,1,8-13H2,(H,19,20)(H,21,22). The predicted molar refractivity (Wildman–Crippen MR) is 87.1 cm³/mol. The number of hydrogen-bond acceptors (Lipinski definition) is 3. The van der Waals surface area contributed by atoms with Crippen molar-refractivity contribution in [1.29, 1.82) is 0 Å². The first-order valence-electron chi connectivity index (χ1n) is 7.83. The van der Waals surface area contributed by atoms with Crippen LogP contribution >= 0.6 is 0 Å². The molecular formula is C18H23NO4. The third kappa shape index (κ3) is 4.42. The van der Waals surface area contributed by atoms with Crippen LogP contribution in [-0.2, 0) is 14.3 Å². The van der Waals surface area contributed by atoms with Crippen LogP contribution in [0, 0.1) is 5.41 Å². The Balaban J connectivity index is 1.93. The first kappa shape index (κ1) is 17.2. The molecule has 1 fully saturated rings. The number of carbonyl (C=O) groups is 2. The Kier molecular flexibility index (Phi) is 5.93. The molecule has 0 radical (unpaired) electrons. The van der Waals surface area contributed by atoms with Crippen LogP contribution in [0.25, 0.3) is 0 Å². The normalized spacial score (nSPS) is 17.9. The molecule has 124 valence electrons. The number of nitrogens with one attached hydrogen (secondary N) is 1. The number of carboxylic acids is 1. The van der Waals surface area contributed by atoms with Crippen LogP contribution in [0.15, 0.2) is 43.0 Å². The molecule has 23 heavy (non-hydrogen) atoms. The molecule has 1 aromatic rings. The number of ether oxygens (including phenoxy) is 1. The summed E-state index contributed by atoms with van der Waals surface area (Å²) in [5.74, 6) is -1.11. The molecule has 1 aromatic carbocycles. The molecule has 0 aromatic heterocycles. The van der Waals surface area contributed by atoms with E-state index in [2.05, 4.69) is 11.9 Å². The van der Waals surface area contributed by atoms with Crippen molar-refractivity contribution < 1.29 is 19.4 Å². The van der Waals surface area contributed by atoms with E-state index in [0.717, 1.165) is 5.56 Å². The van der Waals surface area contributed by atoms with Gasteiger partial charge in [0.1, 0.15) is 0 Å². The number of aliphatic carboxylic acids is 1. The maximum Gasteiger partial charge on any atom is 0.311 e. The van der Waals surface area contributed by atoms with Crippen molar-refractivity contribution in [3.8, 4) is 0 Å². The summed E-state index contributed by atoms with van der Waals surface area (Å²) in [5.41, 5.74) is 0.112. The molecule has 5 heteroatoms. The fourth-order valence-corrected chi connectivity index (χ4v) is 2.81. The van der Waals surface area contributed by atoms with Crippen LogP contribution in [0.2, 0.25) is 0 Å². The fraction of sp³-hybridized carbons (Fsp3) is 0.444. The number of carboxylic acid groups (broad SMARTS) is 1. The topological polar surface area (TPSA) is 75.6 Å². The molecule has 2 rings (SSSR count). The van der Waals surface area contributed by atoms with E-state index in [1.165, 1.54) is 0 Å². The Bertz CT molecular complexity index is 549. The molecular weight excluding hydrogens is 294 g/mol. The van der Waals surface area contributed by atoms with Crippen LogP contribution in [-0.4, -0.2) is 36.7 Å². The van der Waals surface area contributed by atoms with E-state index in [0.29, 0.717) is 26.1 Å². The van der Waals surface area contributed by atoms with Gasteiger partial charge in [-0.15, -0.1) is 6.58 Å². The monoisotopic (exact) mass is 317 g/mol. The van der Waals surface area contributed by atoms with Gasteiger partial charge in [0.15, 0.2) is 0 Å². The second-order valence-corrected chi connectivity index (χ2v) is 5.93. The summed E-state index contributed by atoms with van der Waals surface area (Å²) in [6.07, 6.45) is 2.86. The van der Waals surface area contributed by atoms with Crippen LogP contribution in [0.4, 0.5) is 0 Å². The molecule has 1 amide bonds. The third-order valence-electron chi connectivity index (χ3n) is 4.45. The van der Waals surface area contributed by atoms with Crippen molar-refractivity contribution >= 4 is 11.9 Å². The summed E-state index contributed by atoms with van der Waals surface area (Å²) in [6.45, 7) is 4.77. The van der Waals surface area contributed by atoms with Crippen LogP contribution < -0.4 is 5.32 Å². The Morgan fingerprint density at radius 3 is 2.52 bits per heavy atom. The Morgan fingerprint density at radius 2 is 1.96 bits per heavy atom. The van der Waals surface area contributed by atoms with Crippen molar-refractivity contribution in [1.82, 2.24) is 5.32 Å². The molecule has 1 aliphatic rings. The number of rotatable bonds is 7. The van der Waals surface area contributed by atoms with Gasteiger partial charge in [-0.05, 0) is 18.4 Å². The molecule has 1 heterocycles. The highest BCUT2D eigenvalue weighted by molar-refractivity contribution is 5.80. The predicted octanol–water partition coefficient (Wildman–Crippen LogP) is 2.34. The van der Waals surface area contributed by atoms with Crippen molar-refractivity contribution in [2.24, 2.45) is 5.41 Å². The Morgan fingerprint density at radius 1 is 1.30 bits per heavy atom. The SMILES string of the molecule is C=CC(CC(=O)NCC1(C(=O)O)CCOCC1)c1ccccc1. The molecule has 0 saturated carbocycles. The molecule has 0 aliphatic carbocycles. The zero-order valence-corrected chi connectivity index (χ0v) is 13.2. The number of hydrogen-bond donors (Lipinski definition) is 2. The minimum absolute atomic E-state index is 0.0772. The lowest BCUT2D eigenvalue weighted by Crippen LogP contribution is -2.46. The highest BCUT2D eigenvalue weighted by atomic mass is 16.5. The summed E-state index contributed by atoms with van der Waals surface area (Å²) in [6, 6.07) is 9.68. The lowest BCUT2D eigenvalue weighted by atomic mass is 9.80. The summed E-state index contributed by atoms with van der Waals surface area (Å²) in [7, 11) is 0. The maximum absolute atomic E-state index is 12.2. The third-order valence-corrected chi connectivity index (χ3v) is 4.45.